The van der Waals surface area contributed by atoms with Crippen molar-refractivity contribution in [3.8, 4) is 0 Å². The Hall–Kier alpha value is -1.43. The molecule has 0 saturated heterocycles. The minimum Gasteiger partial charge on any atom is -0.390 e. The van der Waals surface area contributed by atoms with Crippen molar-refractivity contribution < 1.29 is 10.3 Å². The Morgan fingerprint density at radius 1 is 1.43 bits per heavy atom. The molecule has 0 saturated carbocycles. The van der Waals surface area contributed by atoms with Crippen LogP contribution < -0.4 is 11.2 Å². The monoisotopic (exact) mass is 195 g/mol. The van der Waals surface area contributed by atoms with Crippen LogP contribution in [0.15, 0.2) is 29.3 Å². The van der Waals surface area contributed by atoms with E-state index in [9.17, 15) is 5.11 Å². The Bertz CT molecular complexity index is 297. The van der Waals surface area contributed by atoms with Crippen LogP contribution in [0.25, 0.3) is 0 Å². The van der Waals surface area contributed by atoms with Crippen molar-refractivity contribution in [2.24, 2.45) is 10.7 Å². The molecule has 1 aromatic carbocycles. The summed E-state index contributed by atoms with van der Waals surface area (Å²) in [7, 11) is 0. The van der Waals surface area contributed by atoms with Crippen molar-refractivity contribution in [1.82, 2.24) is 5.48 Å². The van der Waals surface area contributed by atoms with Crippen molar-refractivity contribution in [3.05, 3.63) is 35.4 Å². The van der Waals surface area contributed by atoms with Crippen LogP contribution in [-0.2, 0) is 6.54 Å². The molecule has 0 amide bonds. The molecular formula is C9H13N3O2. The third-order valence-corrected chi connectivity index (χ3v) is 1.80. The second-order valence-corrected chi connectivity index (χ2v) is 2.76. The zero-order valence-corrected chi connectivity index (χ0v) is 7.59. The summed E-state index contributed by atoms with van der Waals surface area (Å²) in [6.45, 7) is 0.513. The van der Waals surface area contributed by atoms with Gasteiger partial charge in [0.15, 0.2) is 6.23 Å². The number of nitrogens with two attached hydrogens (primary N) is 1. The van der Waals surface area contributed by atoms with Crippen molar-refractivity contribution in [2.45, 2.75) is 12.8 Å². The highest BCUT2D eigenvalue weighted by molar-refractivity contribution is 5.51. The summed E-state index contributed by atoms with van der Waals surface area (Å²) in [6.07, 6.45) is 0.194. The lowest BCUT2D eigenvalue weighted by Gasteiger charge is -2.08. The highest BCUT2D eigenvalue weighted by Crippen LogP contribution is 2.11. The summed E-state index contributed by atoms with van der Waals surface area (Å²) in [5, 5.41) is 17.6. The first-order valence-corrected chi connectivity index (χ1v) is 4.14. The fourth-order valence-corrected chi connectivity index (χ4v) is 1.04. The maximum absolute atomic E-state index is 9.19. The SMILES string of the molecule is NC=NCc1ccc(C(O)NO)cc1. The van der Waals surface area contributed by atoms with E-state index in [4.69, 9.17) is 10.9 Å². The molecule has 1 unspecified atom stereocenters. The first-order chi connectivity index (χ1) is 6.77. The number of nitrogens with one attached hydrogen (secondary N) is 1. The van der Waals surface area contributed by atoms with Gasteiger partial charge in [-0.2, -0.15) is 5.48 Å². The van der Waals surface area contributed by atoms with Gasteiger partial charge in [-0.25, -0.2) is 0 Å². The normalized spacial score (nSPS) is 13.3. The molecule has 0 fully saturated rings. The number of nitrogens with zero attached hydrogens (tertiary/aromatic N) is 1. The smallest absolute Gasteiger partial charge is 0.152 e. The van der Waals surface area contributed by atoms with Crippen LogP contribution in [-0.4, -0.2) is 16.7 Å². The van der Waals surface area contributed by atoms with E-state index in [1.807, 2.05) is 12.1 Å². The second kappa shape index (κ2) is 5.33. The zero-order chi connectivity index (χ0) is 10.4. The van der Waals surface area contributed by atoms with Crippen molar-refractivity contribution in [3.63, 3.8) is 0 Å². The topological polar surface area (TPSA) is 90.9 Å². The van der Waals surface area contributed by atoms with E-state index in [1.165, 1.54) is 6.34 Å². The van der Waals surface area contributed by atoms with Crippen LogP contribution in [0, 0.1) is 0 Å². The standard InChI is InChI=1S/C9H13N3O2/c10-6-11-5-7-1-3-8(4-2-7)9(13)12-14/h1-4,6,9,12-14H,5H2,(H2,10,11). The summed E-state index contributed by atoms with van der Waals surface area (Å²) in [4.78, 5) is 3.86. The van der Waals surface area contributed by atoms with E-state index in [0.29, 0.717) is 12.1 Å². The van der Waals surface area contributed by atoms with Gasteiger partial charge in [0.2, 0.25) is 0 Å². The molecule has 76 valence electrons. The minimum absolute atomic E-state index is 0.513. The number of hydrogen-bond acceptors (Lipinski definition) is 4. The molecule has 0 aliphatic carbocycles. The maximum atomic E-state index is 9.19. The van der Waals surface area contributed by atoms with Gasteiger partial charge in [0.25, 0.3) is 0 Å². The van der Waals surface area contributed by atoms with E-state index in [0.717, 1.165) is 5.56 Å². The molecule has 0 aromatic heterocycles. The molecule has 1 rings (SSSR count). The molecule has 5 nitrogen and oxygen atoms in total. The number of hydrogen-bond donors (Lipinski definition) is 4. The molecule has 0 bridgehead atoms. The number of aliphatic hydroxyl groups is 1. The first kappa shape index (κ1) is 10.6. The summed E-state index contributed by atoms with van der Waals surface area (Å²) >= 11 is 0. The van der Waals surface area contributed by atoms with Crippen LogP contribution in [0.5, 0.6) is 0 Å². The van der Waals surface area contributed by atoms with E-state index in [2.05, 4.69) is 4.99 Å². The Labute approximate surface area is 81.9 Å². The van der Waals surface area contributed by atoms with E-state index >= 15 is 0 Å². The van der Waals surface area contributed by atoms with Gasteiger partial charge in [0.05, 0.1) is 12.9 Å². The van der Waals surface area contributed by atoms with E-state index in [1.54, 1.807) is 17.6 Å². The molecule has 0 radical (unpaired) electrons. The Morgan fingerprint density at radius 2 is 2.07 bits per heavy atom. The second-order valence-electron chi connectivity index (χ2n) is 2.76. The van der Waals surface area contributed by atoms with E-state index < -0.39 is 6.23 Å². The van der Waals surface area contributed by atoms with Gasteiger partial charge in [-0.05, 0) is 11.1 Å². The number of rotatable bonds is 4. The molecule has 0 spiro atoms. The highest BCUT2D eigenvalue weighted by atomic mass is 16.5. The number of aliphatic imine (C=N–C) groups is 1. The minimum atomic E-state index is -1.05. The van der Waals surface area contributed by atoms with Crippen LogP contribution in [0.4, 0.5) is 0 Å². The summed E-state index contributed by atoms with van der Waals surface area (Å²) in [5.41, 5.74) is 8.43. The quantitative estimate of drug-likeness (QED) is 0.238. The first-order valence-electron chi connectivity index (χ1n) is 4.14. The molecule has 0 aliphatic rings. The van der Waals surface area contributed by atoms with Crippen LogP contribution >= 0.6 is 0 Å². The van der Waals surface area contributed by atoms with Gasteiger partial charge in [-0.15, -0.1) is 0 Å². The van der Waals surface area contributed by atoms with Crippen LogP contribution in [0.3, 0.4) is 0 Å². The predicted molar refractivity (Wildman–Crippen MR) is 52.7 cm³/mol. The predicted octanol–water partition coefficient (Wildman–Crippen LogP) is 0.143. The Morgan fingerprint density at radius 3 is 2.57 bits per heavy atom. The fourth-order valence-electron chi connectivity index (χ4n) is 1.04. The van der Waals surface area contributed by atoms with Gasteiger partial charge in [0.1, 0.15) is 0 Å². The van der Waals surface area contributed by atoms with Crippen molar-refractivity contribution in [2.75, 3.05) is 0 Å². The molecule has 0 heterocycles. The Balaban J connectivity index is 2.68. The maximum Gasteiger partial charge on any atom is 0.152 e. The Kier molecular flexibility index (Phi) is 4.06. The summed E-state index contributed by atoms with van der Waals surface area (Å²) < 4.78 is 0. The molecule has 5 heteroatoms. The van der Waals surface area contributed by atoms with Crippen LogP contribution in [0.2, 0.25) is 0 Å². The molecule has 1 atom stereocenters. The summed E-state index contributed by atoms with van der Waals surface area (Å²) in [6, 6.07) is 7.02. The number of hydroxylamine groups is 1. The average Bonchev–Trinajstić information content (AvgIpc) is 2.26. The van der Waals surface area contributed by atoms with Gasteiger partial charge in [-0.3, -0.25) is 4.99 Å². The van der Waals surface area contributed by atoms with Gasteiger partial charge in [0, 0.05) is 0 Å². The van der Waals surface area contributed by atoms with Crippen LogP contribution in [0.1, 0.15) is 17.4 Å². The average molecular weight is 195 g/mol. The third-order valence-electron chi connectivity index (χ3n) is 1.80. The molecule has 5 N–H and O–H groups in total. The molecular weight excluding hydrogens is 182 g/mol. The van der Waals surface area contributed by atoms with Crippen molar-refractivity contribution in [1.29, 1.82) is 0 Å². The van der Waals surface area contributed by atoms with Gasteiger partial charge >= 0.3 is 0 Å². The van der Waals surface area contributed by atoms with E-state index in [-0.39, 0.29) is 0 Å². The molecule has 0 aliphatic heterocycles. The van der Waals surface area contributed by atoms with Crippen molar-refractivity contribution >= 4 is 6.34 Å². The molecule has 14 heavy (non-hydrogen) atoms. The number of aliphatic hydroxyl groups excluding tert-OH is 1. The number of benzene rings is 1. The summed E-state index contributed by atoms with van der Waals surface area (Å²) in [5.74, 6) is 0. The lowest BCUT2D eigenvalue weighted by atomic mass is 10.1. The van der Waals surface area contributed by atoms with Gasteiger partial charge in [-0.1, -0.05) is 24.3 Å². The van der Waals surface area contributed by atoms with Gasteiger partial charge < -0.3 is 16.0 Å². The zero-order valence-electron chi connectivity index (χ0n) is 7.59. The lowest BCUT2D eigenvalue weighted by molar-refractivity contribution is 0.000693. The third kappa shape index (κ3) is 2.81. The largest absolute Gasteiger partial charge is 0.390 e. The lowest BCUT2D eigenvalue weighted by Crippen LogP contribution is -2.15. The highest BCUT2D eigenvalue weighted by Gasteiger charge is 2.03. The molecule has 1 aromatic rings. The fraction of sp³-hybridized carbons (Fsp3) is 0.222.